The molecule has 0 saturated heterocycles. The van der Waals surface area contributed by atoms with Gasteiger partial charge in [-0.25, -0.2) is 0 Å². The highest BCUT2D eigenvalue weighted by Crippen LogP contribution is 2.46. The molecule has 2 nitrogen and oxygen atoms in total. The Balaban J connectivity index is 1.80. The average molecular weight is 343 g/mol. The van der Waals surface area contributed by atoms with E-state index in [4.69, 9.17) is 4.74 Å². The summed E-state index contributed by atoms with van der Waals surface area (Å²) < 4.78 is 35.1. The van der Waals surface area contributed by atoms with E-state index >= 15 is 0 Å². The lowest BCUT2D eigenvalue weighted by Crippen LogP contribution is -2.12. The van der Waals surface area contributed by atoms with E-state index in [1.807, 2.05) is 60.7 Å². The summed E-state index contributed by atoms with van der Waals surface area (Å²) in [6.45, 7) is -2.82. The SMILES string of the molecule is FC(F)Oc1ccc([S+]2c3ccccc3Oc3ccccc32)cc1. The van der Waals surface area contributed by atoms with Gasteiger partial charge in [-0.05, 0) is 48.5 Å². The normalized spacial score (nSPS) is 13.1. The highest BCUT2D eigenvalue weighted by Gasteiger charge is 2.38. The Morgan fingerprint density at radius 1 is 0.750 bits per heavy atom. The summed E-state index contributed by atoms with van der Waals surface area (Å²) in [6.07, 6.45) is 0. The van der Waals surface area contributed by atoms with Crippen molar-refractivity contribution in [1.82, 2.24) is 0 Å². The predicted octanol–water partition coefficient (Wildman–Crippen LogP) is 5.49. The molecule has 24 heavy (non-hydrogen) atoms. The number of para-hydroxylation sites is 2. The zero-order valence-corrected chi connectivity index (χ0v) is 13.3. The molecule has 0 unspecified atom stereocenters. The number of hydrogen-bond donors (Lipinski definition) is 0. The van der Waals surface area contributed by atoms with E-state index in [2.05, 4.69) is 4.74 Å². The lowest BCUT2D eigenvalue weighted by atomic mass is 10.3. The van der Waals surface area contributed by atoms with Crippen LogP contribution >= 0.6 is 0 Å². The molecule has 1 aliphatic heterocycles. The van der Waals surface area contributed by atoms with Crippen LogP contribution in [0.25, 0.3) is 0 Å². The molecule has 0 amide bonds. The zero-order chi connectivity index (χ0) is 16.5. The third-order valence-corrected chi connectivity index (χ3v) is 5.94. The monoisotopic (exact) mass is 343 g/mol. The van der Waals surface area contributed by atoms with Crippen molar-refractivity contribution in [3.05, 3.63) is 72.8 Å². The number of alkyl halides is 2. The van der Waals surface area contributed by atoms with Crippen molar-refractivity contribution >= 4 is 10.9 Å². The molecule has 120 valence electrons. The van der Waals surface area contributed by atoms with Crippen LogP contribution in [-0.2, 0) is 10.9 Å². The smallest absolute Gasteiger partial charge is 0.387 e. The summed E-state index contributed by atoms with van der Waals surface area (Å²) in [6, 6.07) is 22.6. The summed E-state index contributed by atoms with van der Waals surface area (Å²) in [4.78, 5) is 3.19. The van der Waals surface area contributed by atoms with Crippen molar-refractivity contribution < 1.29 is 18.3 Å². The van der Waals surface area contributed by atoms with Crippen LogP contribution in [-0.4, -0.2) is 6.61 Å². The van der Waals surface area contributed by atoms with Crippen molar-refractivity contribution in [3.8, 4) is 17.2 Å². The van der Waals surface area contributed by atoms with Crippen molar-refractivity contribution in [2.24, 2.45) is 0 Å². The van der Waals surface area contributed by atoms with Gasteiger partial charge in [-0.1, -0.05) is 24.3 Å². The highest BCUT2D eigenvalue weighted by molar-refractivity contribution is 7.97. The number of fused-ring (bicyclic) bond motifs is 2. The van der Waals surface area contributed by atoms with Crippen molar-refractivity contribution in [2.45, 2.75) is 21.3 Å². The van der Waals surface area contributed by atoms with Crippen LogP contribution in [0, 0.1) is 0 Å². The summed E-state index contributed by atoms with van der Waals surface area (Å²) in [5.74, 6) is 1.81. The first-order valence-electron chi connectivity index (χ1n) is 7.37. The van der Waals surface area contributed by atoms with Gasteiger partial charge in [-0.2, -0.15) is 8.78 Å². The van der Waals surface area contributed by atoms with E-state index in [0.29, 0.717) is 0 Å². The van der Waals surface area contributed by atoms with Gasteiger partial charge in [0.1, 0.15) is 16.6 Å². The zero-order valence-electron chi connectivity index (χ0n) is 12.5. The Labute approximate surface area is 141 Å². The Hall–Kier alpha value is -2.53. The third-order valence-electron chi connectivity index (χ3n) is 3.64. The molecule has 0 N–H and O–H groups in total. The third kappa shape index (κ3) is 2.71. The lowest BCUT2D eigenvalue weighted by Gasteiger charge is -2.19. The molecule has 0 aliphatic carbocycles. The number of halogens is 2. The van der Waals surface area contributed by atoms with E-state index in [-0.39, 0.29) is 16.6 Å². The standard InChI is InChI=1S/C19H13F2O2S/c20-19(21)22-13-9-11-14(12-10-13)24-17-7-3-1-5-15(17)23-16-6-2-4-8-18(16)24/h1-12,19H/q+1. The van der Waals surface area contributed by atoms with Gasteiger partial charge in [0.25, 0.3) is 0 Å². The van der Waals surface area contributed by atoms with Crippen LogP contribution in [0.5, 0.6) is 17.2 Å². The van der Waals surface area contributed by atoms with Crippen LogP contribution in [0.15, 0.2) is 87.5 Å². The van der Waals surface area contributed by atoms with Gasteiger partial charge in [0.05, 0.1) is 0 Å². The lowest BCUT2D eigenvalue weighted by molar-refractivity contribution is -0.0498. The second-order valence-corrected chi connectivity index (χ2v) is 7.12. The molecule has 3 aromatic rings. The van der Waals surface area contributed by atoms with Gasteiger partial charge in [-0.3, -0.25) is 0 Å². The molecule has 0 radical (unpaired) electrons. The fourth-order valence-electron chi connectivity index (χ4n) is 2.65. The minimum absolute atomic E-state index is 0.159. The van der Waals surface area contributed by atoms with Crippen LogP contribution in [0.3, 0.4) is 0 Å². The van der Waals surface area contributed by atoms with Crippen LogP contribution in [0.4, 0.5) is 8.78 Å². The fraction of sp³-hybridized carbons (Fsp3) is 0.0526. The molecule has 0 bridgehead atoms. The highest BCUT2D eigenvalue weighted by atomic mass is 32.2. The molecular weight excluding hydrogens is 330 g/mol. The fourth-order valence-corrected chi connectivity index (χ4v) is 4.86. The molecule has 1 aliphatic rings. The van der Waals surface area contributed by atoms with E-state index < -0.39 is 6.61 Å². The maximum Gasteiger partial charge on any atom is 0.387 e. The molecule has 0 saturated carbocycles. The Morgan fingerprint density at radius 2 is 1.29 bits per heavy atom. The maximum atomic E-state index is 12.3. The predicted molar refractivity (Wildman–Crippen MR) is 88.2 cm³/mol. The van der Waals surface area contributed by atoms with Crippen LogP contribution in [0.2, 0.25) is 0 Å². The molecule has 1 heterocycles. The Morgan fingerprint density at radius 3 is 1.83 bits per heavy atom. The largest absolute Gasteiger partial charge is 0.447 e. The van der Waals surface area contributed by atoms with E-state index in [1.54, 1.807) is 12.1 Å². The topological polar surface area (TPSA) is 18.5 Å². The van der Waals surface area contributed by atoms with E-state index in [9.17, 15) is 8.78 Å². The molecule has 0 aromatic heterocycles. The number of benzene rings is 3. The van der Waals surface area contributed by atoms with Crippen molar-refractivity contribution in [3.63, 3.8) is 0 Å². The van der Waals surface area contributed by atoms with Crippen molar-refractivity contribution in [2.75, 3.05) is 0 Å². The van der Waals surface area contributed by atoms with E-state index in [1.165, 1.54) is 0 Å². The van der Waals surface area contributed by atoms with Gasteiger partial charge in [0.15, 0.2) is 16.4 Å². The van der Waals surface area contributed by atoms with Gasteiger partial charge < -0.3 is 9.47 Å². The second-order valence-electron chi connectivity index (χ2n) is 5.15. The molecule has 0 spiro atoms. The van der Waals surface area contributed by atoms with Crippen LogP contribution in [0.1, 0.15) is 0 Å². The minimum atomic E-state index is -2.82. The van der Waals surface area contributed by atoms with E-state index in [0.717, 1.165) is 26.2 Å². The first kappa shape index (κ1) is 15.0. The van der Waals surface area contributed by atoms with Crippen molar-refractivity contribution in [1.29, 1.82) is 0 Å². The minimum Gasteiger partial charge on any atom is -0.447 e. The number of ether oxygens (including phenoxy) is 2. The molecule has 3 aromatic carbocycles. The molecule has 0 fully saturated rings. The first-order valence-corrected chi connectivity index (χ1v) is 8.60. The second kappa shape index (κ2) is 6.17. The molecule has 4 rings (SSSR count). The summed E-state index contributed by atoms with van der Waals surface area (Å²) >= 11 is 0. The summed E-state index contributed by atoms with van der Waals surface area (Å²) in [5, 5.41) is 0. The molecule has 5 heteroatoms. The van der Waals surface area contributed by atoms with Gasteiger partial charge >= 0.3 is 6.61 Å². The van der Waals surface area contributed by atoms with Gasteiger partial charge in [-0.15, -0.1) is 0 Å². The average Bonchev–Trinajstić information content (AvgIpc) is 2.60. The summed E-state index contributed by atoms with van der Waals surface area (Å²) in [5.41, 5.74) is 0. The summed E-state index contributed by atoms with van der Waals surface area (Å²) in [7, 11) is -0.347. The van der Waals surface area contributed by atoms with Gasteiger partial charge in [0.2, 0.25) is 9.79 Å². The van der Waals surface area contributed by atoms with Gasteiger partial charge in [0, 0.05) is 0 Å². The number of rotatable bonds is 3. The Bertz CT molecular complexity index is 820. The first-order chi connectivity index (χ1) is 11.7. The maximum absolute atomic E-state index is 12.3. The quantitative estimate of drug-likeness (QED) is 0.458. The molecular formula is C19H13F2O2S+. The molecule has 0 atom stereocenters. The van der Waals surface area contributed by atoms with Crippen LogP contribution < -0.4 is 9.47 Å². The number of hydrogen-bond acceptors (Lipinski definition) is 2. The Kier molecular flexibility index (Phi) is 3.86.